The average molecular weight is 1020 g/mol. The molecule has 0 aliphatic carbocycles. The molecule has 73 heavy (non-hydrogen) atoms. The van der Waals surface area contributed by atoms with E-state index in [2.05, 4.69) is 93.7 Å². The van der Waals surface area contributed by atoms with Gasteiger partial charge < -0.3 is 14.2 Å². The van der Waals surface area contributed by atoms with Gasteiger partial charge >= 0.3 is 17.9 Å². The molecule has 0 aromatic carbocycles. The maximum Gasteiger partial charge on any atom is 0.310 e. The molecule has 0 aromatic heterocycles. The molecule has 6 heteroatoms. The van der Waals surface area contributed by atoms with Crippen molar-refractivity contribution < 1.29 is 28.6 Å². The van der Waals surface area contributed by atoms with Gasteiger partial charge in [0.1, 0.15) is 13.2 Å². The van der Waals surface area contributed by atoms with Gasteiger partial charge in [0.15, 0.2) is 6.10 Å². The van der Waals surface area contributed by atoms with E-state index in [4.69, 9.17) is 14.2 Å². The van der Waals surface area contributed by atoms with Crippen LogP contribution in [0.4, 0.5) is 0 Å². The molecule has 0 rings (SSSR count). The Balaban J connectivity index is 3.92. The van der Waals surface area contributed by atoms with Crippen molar-refractivity contribution in [2.75, 3.05) is 13.2 Å². The summed E-state index contributed by atoms with van der Waals surface area (Å²) in [5.41, 5.74) is 0. The predicted molar refractivity (Wildman–Crippen MR) is 316 cm³/mol. The van der Waals surface area contributed by atoms with Gasteiger partial charge in [0, 0.05) is 12.8 Å². The van der Waals surface area contributed by atoms with E-state index < -0.39 is 12.1 Å². The third-order valence-corrected chi connectivity index (χ3v) is 13.4. The Morgan fingerprint density at radius 3 is 0.904 bits per heavy atom. The highest BCUT2D eigenvalue weighted by molar-refractivity contribution is 5.72. The number of ether oxygens (including phenoxy) is 3. The number of unbranched alkanes of at least 4 members (excludes halogenated alkanes) is 32. The highest BCUT2D eigenvalue weighted by Gasteiger charge is 2.19. The molecule has 6 nitrogen and oxygen atoms in total. The third-order valence-electron chi connectivity index (χ3n) is 13.4. The van der Waals surface area contributed by atoms with Gasteiger partial charge in [-0.3, -0.25) is 14.4 Å². The summed E-state index contributed by atoms with van der Waals surface area (Å²) in [7, 11) is 0. The molecule has 1 atom stereocenters. The molecule has 1 unspecified atom stereocenters. The third kappa shape index (κ3) is 59.3. The monoisotopic (exact) mass is 1020 g/mol. The van der Waals surface area contributed by atoms with Gasteiger partial charge in [-0.2, -0.15) is 0 Å². The van der Waals surface area contributed by atoms with Gasteiger partial charge in [0.25, 0.3) is 0 Å². The summed E-state index contributed by atoms with van der Waals surface area (Å²) in [6, 6.07) is 0. The number of carbonyl (C=O) groups excluding carboxylic acids is 3. The lowest BCUT2D eigenvalue weighted by Gasteiger charge is -2.18. The molecule has 0 aliphatic heterocycles. The normalized spacial score (nSPS) is 12.6. The zero-order chi connectivity index (χ0) is 52.9. The average Bonchev–Trinajstić information content (AvgIpc) is 3.39. The number of allylic oxidation sites excluding steroid dienone is 13. The van der Waals surface area contributed by atoms with Crippen LogP contribution in [0.15, 0.2) is 85.1 Å². The first kappa shape index (κ1) is 69.6. The molecule has 0 aromatic rings. The maximum atomic E-state index is 12.7. The highest BCUT2D eigenvalue weighted by atomic mass is 16.6. The minimum absolute atomic E-state index is 0.0986. The molecule has 0 saturated heterocycles. The smallest absolute Gasteiger partial charge is 0.310 e. The van der Waals surface area contributed by atoms with Crippen LogP contribution in [0.5, 0.6) is 0 Å². The van der Waals surface area contributed by atoms with E-state index in [0.717, 1.165) is 89.9 Å². The first-order valence-corrected chi connectivity index (χ1v) is 31.1. The molecule has 0 fully saturated rings. The van der Waals surface area contributed by atoms with Crippen molar-refractivity contribution in [1.82, 2.24) is 0 Å². The lowest BCUT2D eigenvalue weighted by molar-refractivity contribution is -0.166. The molecular weight excluding hydrogens is 901 g/mol. The van der Waals surface area contributed by atoms with E-state index in [9.17, 15) is 14.4 Å². The quantitative estimate of drug-likeness (QED) is 0.0261. The maximum absolute atomic E-state index is 12.7. The minimum atomic E-state index is -0.825. The highest BCUT2D eigenvalue weighted by Crippen LogP contribution is 2.17. The van der Waals surface area contributed by atoms with Crippen molar-refractivity contribution in [3.63, 3.8) is 0 Å². The van der Waals surface area contributed by atoms with Gasteiger partial charge in [-0.05, 0) is 77.0 Å². The van der Waals surface area contributed by atoms with E-state index in [1.807, 2.05) is 6.08 Å². The Kier molecular flexibility index (Phi) is 58.3. The van der Waals surface area contributed by atoms with Crippen LogP contribution in [-0.4, -0.2) is 37.2 Å². The second kappa shape index (κ2) is 61.1. The van der Waals surface area contributed by atoms with Crippen molar-refractivity contribution in [2.45, 2.75) is 309 Å². The van der Waals surface area contributed by atoms with Crippen LogP contribution < -0.4 is 0 Å². The molecule has 0 bridgehead atoms. The van der Waals surface area contributed by atoms with Crippen LogP contribution in [0.2, 0.25) is 0 Å². The van der Waals surface area contributed by atoms with Crippen molar-refractivity contribution in [2.24, 2.45) is 0 Å². The zero-order valence-corrected chi connectivity index (χ0v) is 48.1. The Labute approximate surface area is 452 Å². The van der Waals surface area contributed by atoms with Crippen LogP contribution in [0.3, 0.4) is 0 Å². The zero-order valence-electron chi connectivity index (χ0n) is 48.1. The summed E-state index contributed by atoms with van der Waals surface area (Å²) < 4.78 is 16.6. The topological polar surface area (TPSA) is 78.9 Å². The van der Waals surface area contributed by atoms with Crippen molar-refractivity contribution in [1.29, 1.82) is 0 Å². The second-order valence-corrected chi connectivity index (χ2v) is 20.6. The summed E-state index contributed by atoms with van der Waals surface area (Å²) in [4.78, 5) is 37.7. The first-order chi connectivity index (χ1) is 36.0. The van der Waals surface area contributed by atoms with E-state index in [0.29, 0.717) is 12.8 Å². The molecule has 0 heterocycles. The van der Waals surface area contributed by atoms with Gasteiger partial charge in [-0.1, -0.05) is 292 Å². The fourth-order valence-corrected chi connectivity index (χ4v) is 8.79. The van der Waals surface area contributed by atoms with Crippen molar-refractivity contribution in [3.8, 4) is 0 Å². The number of hydrogen-bond acceptors (Lipinski definition) is 6. The predicted octanol–water partition coefficient (Wildman–Crippen LogP) is 21.1. The molecule has 0 spiro atoms. The largest absolute Gasteiger partial charge is 0.462 e. The van der Waals surface area contributed by atoms with E-state index in [-0.39, 0.29) is 31.6 Å². The summed E-state index contributed by atoms with van der Waals surface area (Å²) in [5.74, 6) is -1.05. The van der Waals surface area contributed by atoms with Crippen LogP contribution in [0, 0.1) is 0 Å². The van der Waals surface area contributed by atoms with E-state index in [1.165, 1.54) is 173 Å². The van der Waals surface area contributed by atoms with Crippen LogP contribution in [-0.2, 0) is 28.6 Å². The molecule has 0 saturated carbocycles. The lowest BCUT2D eigenvalue weighted by Crippen LogP contribution is -2.30. The standard InChI is InChI=1S/C67H116O6/c1-4-7-10-13-15-17-19-21-23-24-25-26-27-28-29-30-31-32-33-34-35-36-37-38-39-40-41-42-44-45-47-49-51-54-57-60-66(69)72-63-64(62-71-65(68)59-56-53-12-9-6-3)73-67(70)61-58-55-52-50-48-46-43-22-20-18-16-14-11-8-5-2/h8,11,16,18-19,21-22,24-25,43,48,50,55,58,64H,4-7,9-10,12-15,17,20,23,26-42,44-47,49,51-54,56-57,59-63H2,1-3H3/b11-8-,18-16-,21-19-,25-24-,43-22-,50-48-,58-55-. The lowest BCUT2D eigenvalue weighted by atomic mass is 10.0. The second-order valence-electron chi connectivity index (χ2n) is 20.6. The SMILES string of the molecule is CC/C=C\C/C=C\C/C=C\C/C=C\C/C=C\CC(=O)OC(COC(=O)CCCCCCC)COC(=O)CCCCCCCCCCCCCCCCCCCCCCCCC/C=C\C/C=C\CCCCCCC. The van der Waals surface area contributed by atoms with E-state index >= 15 is 0 Å². The van der Waals surface area contributed by atoms with Crippen LogP contribution in [0.1, 0.15) is 303 Å². The van der Waals surface area contributed by atoms with Crippen molar-refractivity contribution >= 4 is 17.9 Å². The van der Waals surface area contributed by atoms with E-state index in [1.54, 1.807) is 6.08 Å². The summed E-state index contributed by atoms with van der Waals surface area (Å²) >= 11 is 0. The molecular formula is C67H116O6. The molecule has 0 aliphatic rings. The molecule has 0 amide bonds. The fourth-order valence-electron chi connectivity index (χ4n) is 8.79. The van der Waals surface area contributed by atoms with Gasteiger partial charge in [0.05, 0.1) is 6.42 Å². The minimum Gasteiger partial charge on any atom is -0.462 e. The number of rotatable bonds is 56. The van der Waals surface area contributed by atoms with Gasteiger partial charge in [-0.15, -0.1) is 0 Å². The Bertz CT molecular complexity index is 1400. The summed E-state index contributed by atoms with van der Waals surface area (Å²) in [6.07, 6.45) is 81.2. The van der Waals surface area contributed by atoms with Gasteiger partial charge in [-0.25, -0.2) is 0 Å². The first-order valence-electron chi connectivity index (χ1n) is 31.1. The number of hydrogen-bond donors (Lipinski definition) is 0. The number of esters is 3. The Hall–Kier alpha value is -3.41. The van der Waals surface area contributed by atoms with Crippen molar-refractivity contribution in [3.05, 3.63) is 85.1 Å². The number of carbonyl (C=O) groups is 3. The molecule has 420 valence electrons. The fraction of sp³-hybridized carbons (Fsp3) is 0.746. The molecule has 0 N–H and O–H groups in total. The van der Waals surface area contributed by atoms with Gasteiger partial charge in [0.2, 0.25) is 0 Å². The van der Waals surface area contributed by atoms with Crippen LogP contribution >= 0.6 is 0 Å². The Morgan fingerprint density at radius 2 is 0.575 bits per heavy atom. The van der Waals surface area contributed by atoms with Crippen LogP contribution in [0.25, 0.3) is 0 Å². The summed E-state index contributed by atoms with van der Waals surface area (Å²) in [6.45, 7) is 6.36. The summed E-state index contributed by atoms with van der Waals surface area (Å²) in [5, 5.41) is 0. The Morgan fingerprint density at radius 1 is 0.301 bits per heavy atom. The molecule has 0 radical (unpaired) electrons.